The lowest BCUT2D eigenvalue weighted by Crippen LogP contribution is -2.13. The van der Waals surface area contributed by atoms with Gasteiger partial charge in [0.15, 0.2) is 6.33 Å². The third kappa shape index (κ3) is 2.45. The van der Waals surface area contributed by atoms with Crippen molar-refractivity contribution in [2.24, 2.45) is 0 Å². The van der Waals surface area contributed by atoms with Crippen molar-refractivity contribution in [3.63, 3.8) is 0 Å². The third-order valence-electron chi connectivity index (χ3n) is 1.86. The number of anilines is 1. The summed E-state index contributed by atoms with van der Waals surface area (Å²) in [7, 11) is 0. The van der Waals surface area contributed by atoms with Gasteiger partial charge in [-0.2, -0.15) is 10.1 Å². The predicted octanol–water partition coefficient (Wildman–Crippen LogP) is 0.570. The molecule has 0 aliphatic heterocycles. The molecular weight excluding hydrogens is 278 g/mol. The molecule has 0 aliphatic rings. The number of hydrogen-bond acceptors (Lipinski definition) is 6. The Morgan fingerprint density at radius 2 is 2.44 bits per heavy atom. The van der Waals surface area contributed by atoms with Gasteiger partial charge in [-0.25, -0.2) is 5.10 Å². The van der Waals surface area contributed by atoms with Crippen LogP contribution in [0.5, 0.6) is 0 Å². The summed E-state index contributed by atoms with van der Waals surface area (Å²) in [6.45, 7) is 0.575. The van der Waals surface area contributed by atoms with Gasteiger partial charge in [-0.3, -0.25) is 4.79 Å². The van der Waals surface area contributed by atoms with Gasteiger partial charge < -0.3 is 9.84 Å². The quantitative estimate of drug-likeness (QED) is 0.853. The topological polar surface area (TPSA) is 96.7 Å². The number of nitrogens with zero attached hydrogens (tertiary/aromatic N) is 3. The summed E-state index contributed by atoms with van der Waals surface area (Å²) in [4.78, 5) is 15.1. The van der Waals surface area contributed by atoms with E-state index in [4.69, 9.17) is 4.52 Å². The van der Waals surface area contributed by atoms with Gasteiger partial charge >= 0.3 is 0 Å². The first-order valence-corrected chi connectivity index (χ1v) is 5.29. The minimum absolute atomic E-state index is 0.275. The van der Waals surface area contributed by atoms with Crippen LogP contribution in [0.15, 0.2) is 26.3 Å². The Morgan fingerprint density at radius 3 is 3.19 bits per heavy atom. The Labute approximate surface area is 98.4 Å². The second kappa shape index (κ2) is 4.88. The van der Waals surface area contributed by atoms with E-state index in [1.165, 1.54) is 12.5 Å². The van der Waals surface area contributed by atoms with E-state index >= 15 is 0 Å². The molecule has 0 bridgehead atoms. The molecule has 0 radical (unpaired) electrons. The van der Waals surface area contributed by atoms with Gasteiger partial charge in [0.05, 0.1) is 11.9 Å². The minimum Gasteiger partial charge on any atom is -0.382 e. The lowest BCUT2D eigenvalue weighted by atomic mass is 10.4. The van der Waals surface area contributed by atoms with E-state index in [1.807, 2.05) is 0 Å². The van der Waals surface area contributed by atoms with Crippen LogP contribution in [0.25, 0.3) is 0 Å². The van der Waals surface area contributed by atoms with E-state index in [0.717, 1.165) is 0 Å². The molecule has 0 amide bonds. The summed E-state index contributed by atoms with van der Waals surface area (Å²) in [5.74, 6) is 0.543. The van der Waals surface area contributed by atoms with E-state index in [1.54, 1.807) is 0 Å². The second-order valence-corrected chi connectivity index (χ2v) is 3.73. The van der Waals surface area contributed by atoms with Crippen LogP contribution < -0.4 is 10.9 Å². The molecule has 2 heterocycles. The zero-order valence-electron chi connectivity index (χ0n) is 8.11. The summed E-state index contributed by atoms with van der Waals surface area (Å²) in [6, 6.07) is 0. The Hall–Kier alpha value is -1.70. The highest BCUT2D eigenvalue weighted by Crippen LogP contribution is 2.14. The van der Waals surface area contributed by atoms with Crippen LogP contribution >= 0.6 is 15.9 Å². The second-order valence-electron chi connectivity index (χ2n) is 2.94. The number of aromatic nitrogens is 4. The lowest BCUT2D eigenvalue weighted by molar-refractivity contribution is 0.380. The van der Waals surface area contributed by atoms with Crippen molar-refractivity contribution in [1.82, 2.24) is 20.3 Å². The summed E-state index contributed by atoms with van der Waals surface area (Å²) in [5, 5.41) is 12.5. The van der Waals surface area contributed by atoms with Gasteiger partial charge in [0.2, 0.25) is 5.89 Å². The predicted molar refractivity (Wildman–Crippen MR) is 59.0 cm³/mol. The van der Waals surface area contributed by atoms with Gasteiger partial charge in [-0.05, 0) is 15.9 Å². The Kier molecular flexibility index (Phi) is 3.30. The van der Waals surface area contributed by atoms with Crippen LogP contribution in [0.4, 0.5) is 5.69 Å². The molecule has 2 aromatic heterocycles. The minimum atomic E-state index is -0.275. The molecule has 2 N–H and O–H groups in total. The van der Waals surface area contributed by atoms with Gasteiger partial charge in [0, 0.05) is 13.0 Å². The maximum Gasteiger partial charge on any atom is 0.280 e. The molecule has 2 rings (SSSR count). The number of hydrogen-bond donors (Lipinski definition) is 2. The van der Waals surface area contributed by atoms with Gasteiger partial charge in [-0.1, -0.05) is 5.16 Å². The molecule has 0 saturated heterocycles. The molecule has 0 fully saturated rings. The fourth-order valence-electron chi connectivity index (χ4n) is 1.12. The Bertz CT molecular complexity index is 509. The van der Waals surface area contributed by atoms with Crippen LogP contribution in [0, 0.1) is 0 Å². The molecule has 0 aromatic carbocycles. The Morgan fingerprint density at radius 1 is 1.56 bits per heavy atom. The maximum absolute atomic E-state index is 11.2. The average molecular weight is 286 g/mol. The Balaban J connectivity index is 1.95. The summed E-state index contributed by atoms with van der Waals surface area (Å²) < 4.78 is 5.25. The SMILES string of the molecule is O=c1[nH]ncc(NCCc2ncno2)c1Br. The molecule has 7 nitrogen and oxygen atoms in total. The van der Waals surface area contributed by atoms with E-state index in [2.05, 4.69) is 41.6 Å². The van der Waals surface area contributed by atoms with Crippen molar-refractivity contribution in [3.05, 3.63) is 33.2 Å². The zero-order chi connectivity index (χ0) is 11.4. The van der Waals surface area contributed by atoms with Crippen LogP contribution in [-0.2, 0) is 6.42 Å². The molecular formula is C8H8BrN5O2. The zero-order valence-corrected chi connectivity index (χ0v) is 9.69. The van der Waals surface area contributed by atoms with Crippen molar-refractivity contribution in [1.29, 1.82) is 0 Å². The van der Waals surface area contributed by atoms with Crippen LogP contribution in [0.2, 0.25) is 0 Å². The van der Waals surface area contributed by atoms with E-state index in [-0.39, 0.29) is 5.56 Å². The number of halogens is 1. The standard InChI is InChI=1S/C8H8BrN5O2/c9-7-5(3-12-14-8(7)15)10-2-1-6-11-4-13-16-6/h3-4H,1-2H2,(H2,10,14,15). The number of rotatable bonds is 4. The van der Waals surface area contributed by atoms with Crippen LogP contribution in [-0.4, -0.2) is 26.9 Å². The molecule has 0 unspecified atom stereocenters. The highest BCUT2D eigenvalue weighted by atomic mass is 79.9. The summed E-state index contributed by atoms with van der Waals surface area (Å²) in [5.41, 5.74) is 0.353. The van der Waals surface area contributed by atoms with Crippen molar-refractivity contribution in [2.45, 2.75) is 6.42 Å². The first-order chi connectivity index (χ1) is 7.77. The first kappa shape index (κ1) is 10.8. The molecule has 0 spiro atoms. The number of H-pyrrole nitrogens is 1. The van der Waals surface area contributed by atoms with Gasteiger partial charge in [0.25, 0.3) is 5.56 Å². The smallest absolute Gasteiger partial charge is 0.280 e. The largest absolute Gasteiger partial charge is 0.382 e. The normalized spacial score (nSPS) is 10.3. The first-order valence-electron chi connectivity index (χ1n) is 4.50. The van der Waals surface area contributed by atoms with Crippen molar-refractivity contribution in [2.75, 3.05) is 11.9 Å². The summed E-state index contributed by atoms with van der Waals surface area (Å²) >= 11 is 3.16. The maximum atomic E-state index is 11.2. The molecule has 0 atom stereocenters. The third-order valence-corrected chi connectivity index (χ3v) is 2.64. The molecule has 0 aliphatic carbocycles. The number of aromatic amines is 1. The fraction of sp³-hybridized carbons (Fsp3) is 0.250. The molecule has 16 heavy (non-hydrogen) atoms. The molecule has 8 heteroatoms. The van der Waals surface area contributed by atoms with Crippen LogP contribution in [0.3, 0.4) is 0 Å². The fourth-order valence-corrected chi connectivity index (χ4v) is 1.45. The molecule has 0 saturated carbocycles. The van der Waals surface area contributed by atoms with E-state index in [9.17, 15) is 4.79 Å². The van der Waals surface area contributed by atoms with Crippen molar-refractivity contribution < 1.29 is 4.52 Å². The monoisotopic (exact) mass is 285 g/mol. The lowest BCUT2D eigenvalue weighted by Gasteiger charge is -2.04. The van der Waals surface area contributed by atoms with Crippen molar-refractivity contribution >= 4 is 21.6 Å². The van der Waals surface area contributed by atoms with Gasteiger partial charge in [0.1, 0.15) is 4.47 Å². The highest BCUT2D eigenvalue weighted by molar-refractivity contribution is 9.10. The molecule has 2 aromatic rings. The average Bonchev–Trinajstić information content (AvgIpc) is 2.77. The van der Waals surface area contributed by atoms with E-state index in [0.29, 0.717) is 29.0 Å². The van der Waals surface area contributed by atoms with Gasteiger partial charge in [-0.15, -0.1) is 0 Å². The summed E-state index contributed by atoms with van der Waals surface area (Å²) in [6.07, 6.45) is 3.46. The number of nitrogens with one attached hydrogen (secondary N) is 2. The molecule has 84 valence electrons. The highest BCUT2D eigenvalue weighted by Gasteiger charge is 2.04. The van der Waals surface area contributed by atoms with Crippen LogP contribution in [0.1, 0.15) is 5.89 Å². The van der Waals surface area contributed by atoms with Crippen molar-refractivity contribution in [3.8, 4) is 0 Å². The van der Waals surface area contributed by atoms with E-state index < -0.39 is 0 Å².